The molecule has 0 aromatic heterocycles. The topological polar surface area (TPSA) is 26.3 Å². The minimum absolute atomic E-state index is 0.0486. The minimum atomic E-state index is -0.0486. The standard InChI is InChI=1S/C19H16Br2O2/c20-13-14-23-19-11-5-16(6-12-19)4-10-18(22)9-3-15-1-7-17(21)8-2-15/h1-12H,13-14H2. The summed E-state index contributed by atoms with van der Waals surface area (Å²) in [5.41, 5.74) is 1.95. The molecule has 0 saturated carbocycles. The van der Waals surface area contributed by atoms with Gasteiger partial charge in [-0.1, -0.05) is 68.3 Å². The normalized spacial score (nSPS) is 11.2. The molecule has 0 aliphatic rings. The Bertz CT molecular complexity index is 686. The first kappa shape index (κ1) is 17.7. The molecule has 0 radical (unpaired) electrons. The van der Waals surface area contributed by atoms with E-state index >= 15 is 0 Å². The highest BCUT2D eigenvalue weighted by Crippen LogP contribution is 2.14. The van der Waals surface area contributed by atoms with Gasteiger partial charge in [-0.2, -0.15) is 0 Å². The van der Waals surface area contributed by atoms with Crippen molar-refractivity contribution in [2.45, 2.75) is 0 Å². The summed E-state index contributed by atoms with van der Waals surface area (Å²) in [5.74, 6) is 0.774. The second-order valence-electron chi connectivity index (χ2n) is 4.73. The minimum Gasteiger partial charge on any atom is -0.493 e. The Morgan fingerprint density at radius 1 is 0.913 bits per heavy atom. The van der Waals surface area contributed by atoms with Crippen LogP contribution >= 0.6 is 31.9 Å². The van der Waals surface area contributed by atoms with E-state index in [1.165, 1.54) is 0 Å². The summed E-state index contributed by atoms with van der Waals surface area (Å²) in [6, 6.07) is 15.4. The third-order valence-corrected chi connectivity index (χ3v) is 3.83. The van der Waals surface area contributed by atoms with Crippen molar-refractivity contribution in [3.05, 3.63) is 76.3 Å². The van der Waals surface area contributed by atoms with Crippen LogP contribution in [0.1, 0.15) is 11.1 Å². The second-order valence-corrected chi connectivity index (χ2v) is 6.44. The van der Waals surface area contributed by atoms with Crippen molar-refractivity contribution in [2.75, 3.05) is 11.9 Å². The van der Waals surface area contributed by atoms with E-state index in [9.17, 15) is 4.79 Å². The van der Waals surface area contributed by atoms with E-state index in [1.54, 1.807) is 24.3 Å². The Morgan fingerprint density at radius 3 is 1.96 bits per heavy atom. The van der Waals surface area contributed by atoms with Gasteiger partial charge in [0.25, 0.3) is 0 Å². The number of halogens is 2. The van der Waals surface area contributed by atoms with Gasteiger partial charge in [0, 0.05) is 9.80 Å². The number of benzene rings is 2. The van der Waals surface area contributed by atoms with Crippen LogP contribution in [0.15, 0.2) is 65.2 Å². The summed E-state index contributed by atoms with van der Waals surface area (Å²) in [7, 11) is 0. The van der Waals surface area contributed by atoms with Crippen LogP contribution in [0.3, 0.4) is 0 Å². The average Bonchev–Trinajstić information content (AvgIpc) is 2.58. The fraction of sp³-hybridized carbons (Fsp3) is 0.105. The SMILES string of the molecule is O=C(C=Cc1ccc(Br)cc1)C=Cc1ccc(OCCBr)cc1. The first-order valence-electron chi connectivity index (χ1n) is 7.12. The van der Waals surface area contributed by atoms with Crippen LogP contribution < -0.4 is 4.74 Å². The van der Waals surface area contributed by atoms with Crippen LogP contribution in [-0.2, 0) is 4.79 Å². The number of allylic oxidation sites excluding steroid dienone is 2. The highest BCUT2D eigenvalue weighted by molar-refractivity contribution is 9.10. The third kappa shape index (κ3) is 6.55. The average molecular weight is 436 g/mol. The number of ether oxygens (including phenoxy) is 1. The smallest absolute Gasteiger partial charge is 0.178 e. The van der Waals surface area contributed by atoms with Crippen LogP contribution in [0.5, 0.6) is 5.75 Å². The highest BCUT2D eigenvalue weighted by atomic mass is 79.9. The van der Waals surface area contributed by atoms with Gasteiger partial charge in [-0.25, -0.2) is 0 Å². The number of ketones is 1. The van der Waals surface area contributed by atoms with Crippen molar-refractivity contribution >= 4 is 49.8 Å². The Kier molecular flexibility index (Phi) is 7.30. The summed E-state index contributed by atoms with van der Waals surface area (Å²) in [4.78, 5) is 11.9. The zero-order chi connectivity index (χ0) is 16.5. The highest BCUT2D eigenvalue weighted by Gasteiger charge is 1.94. The molecule has 0 heterocycles. The Balaban J connectivity index is 1.91. The van der Waals surface area contributed by atoms with Gasteiger partial charge < -0.3 is 4.74 Å². The maximum atomic E-state index is 11.9. The number of carbonyl (C=O) groups is 1. The molecule has 0 fully saturated rings. The lowest BCUT2D eigenvalue weighted by Gasteiger charge is -2.03. The number of carbonyl (C=O) groups excluding carboxylic acids is 1. The summed E-state index contributed by atoms with van der Waals surface area (Å²) in [6.45, 7) is 0.633. The molecular weight excluding hydrogens is 420 g/mol. The lowest BCUT2D eigenvalue weighted by atomic mass is 10.1. The van der Waals surface area contributed by atoms with Crippen molar-refractivity contribution in [3.8, 4) is 5.75 Å². The molecule has 2 aromatic carbocycles. The van der Waals surface area contributed by atoms with Crippen LogP contribution in [0.4, 0.5) is 0 Å². The summed E-state index contributed by atoms with van der Waals surface area (Å²) in [5, 5.41) is 0.799. The van der Waals surface area contributed by atoms with Gasteiger partial charge in [-0.15, -0.1) is 0 Å². The van der Waals surface area contributed by atoms with Crippen molar-refractivity contribution < 1.29 is 9.53 Å². The van der Waals surface area contributed by atoms with Crippen molar-refractivity contribution in [3.63, 3.8) is 0 Å². The van der Waals surface area contributed by atoms with E-state index in [0.717, 1.165) is 26.7 Å². The summed E-state index contributed by atoms with van der Waals surface area (Å²) in [6.07, 6.45) is 6.72. The molecule has 23 heavy (non-hydrogen) atoms. The van der Waals surface area contributed by atoms with E-state index in [2.05, 4.69) is 31.9 Å². The molecule has 4 heteroatoms. The van der Waals surface area contributed by atoms with Crippen LogP contribution in [-0.4, -0.2) is 17.7 Å². The van der Waals surface area contributed by atoms with E-state index < -0.39 is 0 Å². The van der Waals surface area contributed by atoms with E-state index in [0.29, 0.717) is 6.61 Å². The predicted molar refractivity (Wildman–Crippen MR) is 103 cm³/mol. The predicted octanol–water partition coefficient (Wildman–Crippen LogP) is 5.52. The van der Waals surface area contributed by atoms with Gasteiger partial charge in [0.15, 0.2) is 5.78 Å². The van der Waals surface area contributed by atoms with Crippen molar-refractivity contribution in [1.82, 2.24) is 0 Å². The molecule has 0 aliphatic heterocycles. The quantitative estimate of drug-likeness (QED) is 0.422. The molecule has 0 spiro atoms. The fourth-order valence-corrected chi connectivity index (χ4v) is 2.24. The zero-order valence-electron chi connectivity index (χ0n) is 12.4. The van der Waals surface area contributed by atoms with Gasteiger partial charge in [-0.05, 0) is 47.5 Å². The Morgan fingerprint density at radius 2 is 1.43 bits per heavy atom. The molecule has 0 amide bonds. The van der Waals surface area contributed by atoms with Gasteiger partial charge in [-0.3, -0.25) is 4.79 Å². The molecule has 0 saturated heterocycles. The van der Waals surface area contributed by atoms with Gasteiger partial charge in [0.05, 0.1) is 6.61 Å². The molecule has 118 valence electrons. The van der Waals surface area contributed by atoms with Crippen LogP contribution in [0.25, 0.3) is 12.2 Å². The summed E-state index contributed by atoms with van der Waals surface area (Å²) < 4.78 is 6.50. The molecule has 0 atom stereocenters. The Hall–Kier alpha value is -1.65. The molecule has 2 nitrogen and oxygen atoms in total. The first-order valence-corrected chi connectivity index (χ1v) is 9.03. The monoisotopic (exact) mass is 434 g/mol. The molecule has 0 bridgehead atoms. The molecule has 0 N–H and O–H groups in total. The molecule has 0 aliphatic carbocycles. The molecule has 2 aromatic rings. The second kappa shape index (κ2) is 9.48. The maximum Gasteiger partial charge on any atom is 0.178 e. The summed E-state index contributed by atoms with van der Waals surface area (Å²) >= 11 is 6.70. The number of alkyl halides is 1. The zero-order valence-corrected chi connectivity index (χ0v) is 15.6. The maximum absolute atomic E-state index is 11.9. The van der Waals surface area contributed by atoms with Crippen LogP contribution in [0.2, 0.25) is 0 Å². The fourth-order valence-electron chi connectivity index (χ4n) is 1.82. The number of hydrogen-bond donors (Lipinski definition) is 0. The number of hydrogen-bond acceptors (Lipinski definition) is 2. The van der Waals surface area contributed by atoms with Gasteiger partial charge in [0.2, 0.25) is 0 Å². The largest absolute Gasteiger partial charge is 0.493 e. The van der Waals surface area contributed by atoms with Crippen molar-refractivity contribution in [2.24, 2.45) is 0 Å². The first-order chi connectivity index (χ1) is 11.2. The van der Waals surface area contributed by atoms with E-state index in [-0.39, 0.29) is 5.78 Å². The lowest BCUT2D eigenvalue weighted by molar-refractivity contribution is -0.110. The van der Waals surface area contributed by atoms with Crippen molar-refractivity contribution in [1.29, 1.82) is 0 Å². The van der Waals surface area contributed by atoms with Crippen LogP contribution in [0, 0.1) is 0 Å². The Labute approximate surface area is 153 Å². The van der Waals surface area contributed by atoms with Gasteiger partial charge >= 0.3 is 0 Å². The van der Waals surface area contributed by atoms with Gasteiger partial charge in [0.1, 0.15) is 5.75 Å². The molecule has 2 rings (SSSR count). The third-order valence-electron chi connectivity index (χ3n) is 2.98. The number of rotatable bonds is 7. The molecule has 0 unspecified atom stereocenters. The molecular formula is C19H16Br2O2. The van der Waals surface area contributed by atoms with E-state index in [1.807, 2.05) is 48.5 Å². The lowest BCUT2D eigenvalue weighted by Crippen LogP contribution is -1.97. The van der Waals surface area contributed by atoms with E-state index in [4.69, 9.17) is 4.74 Å².